The van der Waals surface area contributed by atoms with Gasteiger partial charge in [-0.15, -0.1) is 0 Å². The van der Waals surface area contributed by atoms with Crippen molar-refractivity contribution in [2.75, 3.05) is 11.4 Å². The number of piperidine rings is 2. The first-order chi connectivity index (χ1) is 9.70. The van der Waals surface area contributed by atoms with Crippen LogP contribution < -0.4 is 10.2 Å². The summed E-state index contributed by atoms with van der Waals surface area (Å²) < 4.78 is 14.2. The summed E-state index contributed by atoms with van der Waals surface area (Å²) in [4.78, 5) is 2.27. The van der Waals surface area contributed by atoms with Gasteiger partial charge in [-0.1, -0.05) is 24.6 Å². The maximum Gasteiger partial charge on any atom is 0.148 e. The average molecular weight is 297 g/mol. The highest BCUT2D eigenvalue weighted by Crippen LogP contribution is 2.41. The molecule has 2 nitrogen and oxygen atoms in total. The van der Waals surface area contributed by atoms with Crippen molar-refractivity contribution in [3.05, 3.63) is 29.0 Å². The van der Waals surface area contributed by atoms with Gasteiger partial charge in [0.05, 0.1) is 10.7 Å². The largest absolute Gasteiger partial charge is 0.362 e. The van der Waals surface area contributed by atoms with Gasteiger partial charge in [0.1, 0.15) is 5.82 Å². The quantitative estimate of drug-likeness (QED) is 0.907. The van der Waals surface area contributed by atoms with E-state index in [9.17, 15) is 4.39 Å². The summed E-state index contributed by atoms with van der Waals surface area (Å²) >= 11 is 6.27. The fourth-order valence-electron chi connectivity index (χ4n) is 3.94. The van der Waals surface area contributed by atoms with Crippen LogP contribution in [0.2, 0.25) is 5.02 Å². The molecule has 1 N–H and O–H groups in total. The smallest absolute Gasteiger partial charge is 0.148 e. The molecule has 0 spiro atoms. The van der Waals surface area contributed by atoms with Crippen LogP contribution in [0.4, 0.5) is 10.1 Å². The zero-order valence-corrected chi connectivity index (χ0v) is 12.7. The highest BCUT2D eigenvalue weighted by molar-refractivity contribution is 6.33. The molecular formula is C16H22ClFN2. The Labute approximate surface area is 125 Å². The summed E-state index contributed by atoms with van der Waals surface area (Å²) in [6, 6.07) is 6.40. The van der Waals surface area contributed by atoms with E-state index in [0.29, 0.717) is 28.8 Å². The highest BCUT2D eigenvalue weighted by Gasteiger charge is 2.39. The minimum atomic E-state index is -0.184. The molecule has 2 unspecified atom stereocenters. The zero-order chi connectivity index (χ0) is 14.1. The van der Waals surface area contributed by atoms with Crippen molar-refractivity contribution in [3.63, 3.8) is 0 Å². The van der Waals surface area contributed by atoms with Gasteiger partial charge >= 0.3 is 0 Å². The van der Waals surface area contributed by atoms with Crippen LogP contribution in [0, 0.1) is 5.82 Å². The molecule has 2 saturated heterocycles. The lowest BCUT2D eigenvalue weighted by Crippen LogP contribution is -2.56. The summed E-state index contributed by atoms with van der Waals surface area (Å²) in [5.74, 6) is -0.184. The molecule has 2 heterocycles. The van der Waals surface area contributed by atoms with E-state index in [1.54, 1.807) is 12.1 Å². The predicted molar refractivity (Wildman–Crippen MR) is 82.0 cm³/mol. The van der Waals surface area contributed by atoms with Gasteiger partial charge < -0.3 is 10.2 Å². The zero-order valence-electron chi connectivity index (χ0n) is 11.9. The van der Waals surface area contributed by atoms with Crippen LogP contribution in [0.15, 0.2) is 18.2 Å². The molecule has 2 aliphatic heterocycles. The van der Waals surface area contributed by atoms with Gasteiger partial charge in [-0.2, -0.15) is 0 Å². The van der Waals surface area contributed by atoms with E-state index < -0.39 is 0 Å². The number of nitrogens with one attached hydrogen (secondary N) is 1. The molecular weight excluding hydrogens is 275 g/mol. The summed E-state index contributed by atoms with van der Waals surface area (Å²) in [6.45, 7) is 3.15. The number of para-hydroxylation sites is 1. The third-order valence-electron chi connectivity index (χ3n) is 4.66. The number of hydrogen-bond donors (Lipinski definition) is 1. The van der Waals surface area contributed by atoms with Crippen molar-refractivity contribution in [3.8, 4) is 0 Å². The molecule has 2 fully saturated rings. The Morgan fingerprint density at radius 3 is 2.60 bits per heavy atom. The molecule has 0 aromatic heterocycles. The van der Waals surface area contributed by atoms with E-state index in [1.165, 1.54) is 12.5 Å². The lowest BCUT2D eigenvalue weighted by molar-refractivity contribution is 0.246. The van der Waals surface area contributed by atoms with Crippen LogP contribution in [0.25, 0.3) is 0 Å². The summed E-state index contributed by atoms with van der Waals surface area (Å²) in [7, 11) is 0. The van der Waals surface area contributed by atoms with Gasteiger partial charge in [-0.25, -0.2) is 4.39 Å². The molecule has 3 rings (SSSR count). The lowest BCUT2D eigenvalue weighted by Gasteiger charge is -2.50. The van der Waals surface area contributed by atoms with Gasteiger partial charge in [-0.3, -0.25) is 0 Å². The molecule has 110 valence electrons. The maximum absolute atomic E-state index is 14.2. The molecule has 0 amide bonds. The third-order valence-corrected chi connectivity index (χ3v) is 4.97. The van der Waals surface area contributed by atoms with Crippen molar-refractivity contribution in [2.24, 2.45) is 0 Å². The number of fused-ring (bicyclic) bond motifs is 2. The second-order valence-electron chi connectivity index (χ2n) is 5.94. The second kappa shape index (κ2) is 5.90. The van der Waals surface area contributed by atoms with E-state index in [1.807, 2.05) is 0 Å². The van der Waals surface area contributed by atoms with Crippen LogP contribution in [-0.4, -0.2) is 24.7 Å². The maximum atomic E-state index is 14.2. The summed E-state index contributed by atoms with van der Waals surface area (Å²) in [6.07, 6.45) is 5.72. The third kappa shape index (κ3) is 2.53. The monoisotopic (exact) mass is 296 g/mol. The van der Waals surface area contributed by atoms with E-state index in [2.05, 4.69) is 17.1 Å². The van der Waals surface area contributed by atoms with E-state index in [-0.39, 0.29) is 5.82 Å². The van der Waals surface area contributed by atoms with Crippen LogP contribution in [0.1, 0.15) is 39.0 Å². The fraction of sp³-hybridized carbons (Fsp3) is 0.625. The molecule has 1 aromatic carbocycles. The predicted octanol–water partition coefficient (Wildman–Crippen LogP) is 3.98. The molecule has 2 aliphatic rings. The van der Waals surface area contributed by atoms with Crippen molar-refractivity contribution in [1.29, 1.82) is 0 Å². The molecule has 20 heavy (non-hydrogen) atoms. The van der Waals surface area contributed by atoms with Gasteiger partial charge in [0.2, 0.25) is 0 Å². The van der Waals surface area contributed by atoms with Gasteiger partial charge in [-0.05, 0) is 50.8 Å². The first kappa shape index (κ1) is 14.2. The number of hydrogen-bond acceptors (Lipinski definition) is 2. The number of anilines is 1. The normalized spacial score (nSPS) is 29.6. The molecule has 0 aliphatic carbocycles. The number of halogens is 2. The first-order valence-electron chi connectivity index (χ1n) is 7.66. The van der Waals surface area contributed by atoms with Crippen LogP contribution in [0.3, 0.4) is 0 Å². The lowest BCUT2D eigenvalue weighted by atomic mass is 9.81. The Hall–Kier alpha value is -0.800. The Morgan fingerprint density at radius 1 is 1.30 bits per heavy atom. The van der Waals surface area contributed by atoms with Crippen molar-refractivity contribution < 1.29 is 4.39 Å². The number of benzene rings is 1. The topological polar surface area (TPSA) is 15.3 Å². The van der Waals surface area contributed by atoms with Gasteiger partial charge in [0.15, 0.2) is 0 Å². The summed E-state index contributed by atoms with van der Waals surface area (Å²) in [5, 5.41) is 4.11. The van der Waals surface area contributed by atoms with Crippen LogP contribution >= 0.6 is 11.6 Å². The standard InChI is InChI=1S/C16H22ClFN2/c1-2-19-11-9-12-5-3-6-13(10-11)20(12)16-14(17)7-4-8-15(16)18/h4,7-8,11-13,19H,2-3,5-6,9-10H2,1H3. The van der Waals surface area contributed by atoms with E-state index >= 15 is 0 Å². The van der Waals surface area contributed by atoms with Gasteiger partial charge in [0, 0.05) is 18.1 Å². The van der Waals surface area contributed by atoms with E-state index in [0.717, 1.165) is 32.2 Å². The number of nitrogens with zero attached hydrogens (tertiary/aromatic N) is 1. The van der Waals surface area contributed by atoms with Crippen molar-refractivity contribution in [2.45, 2.75) is 57.2 Å². The SMILES string of the molecule is CCNC1CC2CCCC(C1)N2c1c(F)cccc1Cl. The Balaban J connectivity index is 1.90. The molecule has 2 bridgehead atoms. The Bertz CT molecular complexity index is 445. The second-order valence-corrected chi connectivity index (χ2v) is 6.35. The molecule has 0 radical (unpaired) electrons. The first-order valence-corrected chi connectivity index (χ1v) is 8.04. The number of rotatable bonds is 3. The van der Waals surface area contributed by atoms with Crippen LogP contribution in [0.5, 0.6) is 0 Å². The molecule has 0 saturated carbocycles. The van der Waals surface area contributed by atoms with Crippen molar-refractivity contribution >= 4 is 17.3 Å². The van der Waals surface area contributed by atoms with Crippen molar-refractivity contribution in [1.82, 2.24) is 5.32 Å². The minimum absolute atomic E-state index is 0.184. The molecule has 2 atom stereocenters. The van der Waals surface area contributed by atoms with E-state index in [4.69, 9.17) is 11.6 Å². The molecule has 4 heteroatoms. The van der Waals surface area contributed by atoms with Crippen LogP contribution in [-0.2, 0) is 0 Å². The average Bonchev–Trinajstić information content (AvgIpc) is 2.39. The summed E-state index contributed by atoms with van der Waals surface area (Å²) in [5.41, 5.74) is 0.624. The minimum Gasteiger partial charge on any atom is -0.362 e. The van der Waals surface area contributed by atoms with Gasteiger partial charge in [0.25, 0.3) is 0 Å². The molecule has 1 aromatic rings. The highest BCUT2D eigenvalue weighted by atomic mass is 35.5. The Morgan fingerprint density at radius 2 is 2.00 bits per heavy atom. The Kier molecular flexibility index (Phi) is 4.18. The fourth-order valence-corrected chi connectivity index (χ4v) is 4.20.